The molecule has 0 spiro atoms. The molecule has 2 aromatic carbocycles. The fraction of sp³-hybridized carbons (Fsp3) is 0.440. The Morgan fingerprint density at radius 1 is 1.10 bits per heavy atom. The van der Waals surface area contributed by atoms with Crippen molar-refractivity contribution in [1.29, 1.82) is 0 Å². The summed E-state index contributed by atoms with van der Waals surface area (Å²) in [5.41, 5.74) is 1.78. The van der Waals surface area contributed by atoms with E-state index in [1.54, 1.807) is 14.2 Å². The van der Waals surface area contributed by atoms with Gasteiger partial charge in [0.15, 0.2) is 0 Å². The number of likely N-dealkylation sites (tertiary alicyclic amines) is 1. The van der Waals surface area contributed by atoms with Crippen molar-refractivity contribution < 1.29 is 14.3 Å². The molecular weight excluding hydrogens is 390 g/mol. The highest BCUT2D eigenvalue weighted by Gasteiger charge is 2.57. The van der Waals surface area contributed by atoms with Crippen molar-refractivity contribution in [3.8, 4) is 5.75 Å². The summed E-state index contributed by atoms with van der Waals surface area (Å²) >= 11 is 0. The van der Waals surface area contributed by atoms with Gasteiger partial charge in [0.05, 0.1) is 18.9 Å². The van der Waals surface area contributed by atoms with Crippen molar-refractivity contribution >= 4 is 11.8 Å². The van der Waals surface area contributed by atoms with Gasteiger partial charge in [-0.15, -0.1) is 0 Å². The molecule has 1 heterocycles. The molecule has 0 radical (unpaired) electrons. The molecule has 4 rings (SSSR count). The van der Waals surface area contributed by atoms with Crippen molar-refractivity contribution in [3.63, 3.8) is 0 Å². The molecule has 2 fully saturated rings. The molecule has 31 heavy (non-hydrogen) atoms. The van der Waals surface area contributed by atoms with Crippen LogP contribution in [0.1, 0.15) is 24.0 Å². The second-order valence-electron chi connectivity index (χ2n) is 8.82. The topological polar surface area (TPSA) is 70.7 Å². The van der Waals surface area contributed by atoms with E-state index in [9.17, 15) is 9.59 Å². The summed E-state index contributed by atoms with van der Waals surface area (Å²) < 4.78 is 5.17. The van der Waals surface area contributed by atoms with Crippen LogP contribution in [0.25, 0.3) is 0 Å². The molecule has 0 aromatic heterocycles. The Hall–Kier alpha value is -2.86. The largest absolute Gasteiger partial charge is 0.497 e. The first-order chi connectivity index (χ1) is 15.0. The molecule has 0 unspecified atom stereocenters. The Kier molecular flexibility index (Phi) is 6.28. The van der Waals surface area contributed by atoms with Crippen LogP contribution in [0.15, 0.2) is 54.6 Å². The van der Waals surface area contributed by atoms with Gasteiger partial charge in [0.2, 0.25) is 11.8 Å². The number of nitrogens with zero attached hydrogens (tertiary/aromatic N) is 1. The second-order valence-corrected chi connectivity index (χ2v) is 8.82. The molecule has 1 aliphatic heterocycles. The fourth-order valence-electron chi connectivity index (χ4n) is 5.36. The average molecular weight is 422 g/mol. The number of nitrogens with one attached hydrogen (secondary N) is 2. The molecule has 1 saturated heterocycles. The van der Waals surface area contributed by atoms with Crippen molar-refractivity contribution in [2.24, 2.45) is 11.3 Å². The number of fused-ring (bicyclic) bond motifs is 1. The van der Waals surface area contributed by atoms with Gasteiger partial charge in [-0.2, -0.15) is 0 Å². The van der Waals surface area contributed by atoms with Crippen LogP contribution in [-0.4, -0.2) is 50.0 Å². The number of amides is 2. The highest BCUT2D eigenvalue weighted by Crippen LogP contribution is 2.49. The van der Waals surface area contributed by atoms with E-state index < -0.39 is 5.41 Å². The SMILES string of the molecule is CNC(=O)[C@]12C[C@@H](NC(=O)Cc3ccc(OC)cc3)C[C@H]1CN(Cc1ccccc1)C2. The van der Waals surface area contributed by atoms with Gasteiger partial charge in [-0.3, -0.25) is 14.5 Å². The third-order valence-corrected chi connectivity index (χ3v) is 6.76. The minimum atomic E-state index is -0.429. The normalized spacial score (nSPS) is 25.1. The van der Waals surface area contributed by atoms with E-state index in [0.717, 1.165) is 37.4 Å². The number of hydrogen-bond donors (Lipinski definition) is 2. The van der Waals surface area contributed by atoms with Gasteiger partial charge in [0.1, 0.15) is 5.75 Å². The van der Waals surface area contributed by atoms with Gasteiger partial charge in [-0.1, -0.05) is 42.5 Å². The molecule has 2 aliphatic rings. The molecular formula is C25H31N3O3. The maximum atomic E-state index is 12.9. The van der Waals surface area contributed by atoms with Gasteiger partial charge in [0.25, 0.3) is 0 Å². The van der Waals surface area contributed by atoms with Gasteiger partial charge in [-0.25, -0.2) is 0 Å². The molecule has 6 heteroatoms. The summed E-state index contributed by atoms with van der Waals surface area (Å²) in [6, 6.07) is 18.0. The predicted molar refractivity (Wildman–Crippen MR) is 120 cm³/mol. The van der Waals surface area contributed by atoms with Crippen LogP contribution in [0.4, 0.5) is 0 Å². The summed E-state index contributed by atoms with van der Waals surface area (Å²) in [6.07, 6.45) is 1.86. The Bertz CT molecular complexity index is 915. The Morgan fingerprint density at radius 3 is 2.52 bits per heavy atom. The Morgan fingerprint density at radius 2 is 1.84 bits per heavy atom. The summed E-state index contributed by atoms with van der Waals surface area (Å²) in [6.45, 7) is 2.47. The van der Waals surface area contributed by atoms with E-state index in [4.69, 9.17) is 4.74 Å². The van der Waals surface area contributed by atoms with Crippen molar-refractivity contribution in [2.75, 3.05) is 27.2 Å². The molecule has 1 saturated carbocycles. The van der Waals surface area contributed by atoms with Crippen LogP contribution in [0.2, 0.25) is 0 Å². The summed E-state index contributed by atoms with van der Waals surface area (Å²) in [5.74, 6) is 1.13. The van der Waals surface area contributed by atoms with E-state index >= 15 is 0 Å². The van der Waals surface area contributed by atoms with Crippen LogP contribution in [-0.2, 0) is 22.6 Å². The highest BCUT2D eigenvalue weighted by atomic mass is 16.5. The quantitative estimate of drug-likeness (QED) is 0.720. The monoisotopic (exact) mass is 421 g/mol. The third-order valence-electron chi connectivity index (χ3n) is 6.76. The van der Waals surface area contributed by atoms with Crippen LogP contribution in [0.5, 0.6) is 5.75 Å². The van der Waals surface area contributed by atoms with Crippen LogP contribution >= 0.6 is 0 Å². The lowest BCUT2D eigenvalue weighted by Gasteiger charge is -2.27. The summed E-state index contributed by atoms with van der Waals surface area (Å²) in [5, 5.41) is 6.07. The van der Waals surface area contributed by atoms with E-state index in [0.29, 0.717) is 12.8 Å². The Labute approximate surface area is 184 Å². The smallest absolute Gasteiger partial charge is 0.227 e. The molecule has 1 aliphatic carbocycles. The molecule has 164 valence electrons. The van der Waals surface area contributed by atoms with Crippen molar-refractivity contribution in [2.45, 2.75) is 31.8 Å². The van der Waals surface area contributed by atoms with Gasteiger partial charge < -0.3 is 15.4 Å². The maximum absolute atomic E-state index is 12.9. The molecule has 0 bridgehead atoms. The number of ether oxygens (including phenoxy) is 1. The fourth-order valence-corrected chi connectivity index (χ4v) is 5.36. The average Bonchev–Trinajstić information content (AvgIpc) is 3.28. The van der Waals surface area contributed by atoms with Gasteiger partial charge in [0, 0.05) is 32.7 Å². The third kappa shape index (κ3) is 4.59. The minimum Gasteiger partial charge on any atom is -0.497 e. The standard InChI is InChI=1S/C25H31N3O3/c1-26-24(30)25-14-21(27-23(29)12-18-8-10-22(31-2)11-9-18)13-20(25)16-28(17-25)15-19-6-4-3-5-7-19/h3-11,20-21H,12-17H2,1-2H3,(H,26,30)(H,27,29)/t20-,21-,25-/m0/s1. The number of carbonyl (C=O) groups excluding carboxylic acids is 2. The first-order valence-corrected chi connectivity index (χ1v) is 10.9. The van der Waals surface area contributed by atoms with Crippen LogP contribution in [0, 0.1) is 11.3 Å². The lowest BCUT2D eigenvalue weighted by Crippen LogP contribution is -2.44. The number of rotatable bonds is 7. The van der Waals surface area contributed by atoms with Gasteiger partial charge in [-0.05, 0) is 42.0 Å². The number of benzene rings is 2. The first kappa shape index (κ1) is 21.4. The number of methoxy groups -OCH3 is 1. The van der Waals surface area contributed by atoms with E-state index in [1.807, 2.05) is 30.3 Å². The second kappa shape index (κ2) is 9.10. The molecule has 2 amide bonds. The molecule has 3 atom stereocenters. The number of hydrogen-bond acceptors (Lipinski definition) is 4. The Balaban J connectivity index is 1.38. The first-order valence-electron chi connectivity index (χ1n) is 10.9. The summed E-state index contributed by atoms with van der Waals surface area (Å²) in [4.78, 5) is 28.0. The van der Waals surface area contributed by atoms with E-state index in [2.05, 4.69) is 39.8 Å². The van der Waals surface area contributed by atoms with Crippen molar-refractivity contribution in [3.05, 3.63) is 65.7 Å². The van der Waals surface area contributed by atoms with Crippen LogP contribution < -0.4 is 15.4 Å². The molecule has 2 aromatic rings. The van der Waals surface area contributed by atoms with Crippen LogP contribution in [0.3, 0.4) is 0 Å². The van der Waals surface area contributed by atoms with E-state index in [-0.39, 0.29) is 23.8 Å². The van der Waals surface area contributed by atoms with Crippen molar-refractivity contribution in [1.82, 2.24) is 15.5 Å². The summed E-state index contributed by atoms with van der Waals surface area (Å²) in [7, 11) is 3.34. The van der Waals surface area contributed by atoms with E-state index in [1.165, 1.54) is 5.56 Å². The predicted octanol–water partition coefficient (Wildman–Crippen LogP) is 2.38. The zero-order chi connectivity index (χ0) is 21.8. The molecule has 6 nitrogen and oxygen atoms in total. The zero-order valence-electron chi connectivity index (χ0n) is 18.3. The number of carbonyl (C=O) groups is 2. The minimum absolute atomic E-state index is 0.00309. The lowest BCUT2D eigenvalue weighted by atomic mass is 9.80. The maximum Gasteiger partial charge on any atom is 0.227 e. The molecule has 2 N–H and O–H groups in total. The zero-order valence-corrected chi connectivity index (χ0v) is 18.3. The lowest BCUT2D eigenvalue weighted by molar-refractivity contribution is -0.131. The highest BCUT2D eigenvalue weighted by molar-refractivity contribution is 5.84. The van der Waals surface area contributed by atoms with Gasteiger partial charge >= 0.3 is 0 Å².